The van der Waals surface area contributed by atoms with Crippen LogP contribution in [0.5, 0.6) is 0 Å². The maximum Gasteiger partial charge on any atom is 0.240 e. The number of amides is 1. The first-order chi connectivity index (χ1) is 9.47. The number of hydrogen-bond donors (Lipinski definition) is 1. The van der Waals surface area contributed by atoms with Gasteiger partial charge in [0.1, 0.15) is 6.04 Å². The molecule has 4 nitrogen and oxygen atoms in total. The highest BCUT2D eigenvalue weighted by molar-refractivity contribution is 5.81. The van der Waals surface area contributed by atoms with E-state index in [1.165, 1.54) is 16.7 Å². The molecule has 1 N–H and O–H groups in total. The second-order valence-corrected chi connectivity index (χ2v) is 5.92. The number of nitrogens with one attached hydrogen (secondary N) is 1. The van der Waals surface area contributed by atoms with Gasteiger partial charge in [-0.2, -0.15) is 0 Å². The molecule has 110 valence electrons. The Labute approximate surface area is 121 Å². The zero-order valence-electron chi connectivity index (χ0n) is 12.9. The molecule has 1 aromatic rings. The van der Waals surface area contributed by atoms with Crippen LogP contribution in [0.15, 0.2) is 18.2 Å². The first kappa shape index (κ1) is 15.0. The Kier molecular flexibility index (Phi) is 4.78. The Morgan fingerprint density at radius 1 is 1.30 bits per heavy atom. The standard InChI is InChI=1S/C16H25N3O/c1-12-7-13(2)9-14(8-12)11-19-6-5-17-10-15(19)16(20)18(3)4/h7-9,15,17H,5-6,10-11H2,1-4H3. The van der Waals surface area contributed by atoms with Crippen molar-refractivity contribution in [3.8, 4) is 0 Å². The lowest BCUT2D eigenvalue weighted by Crippen LogP contribution is -2.57. The molecule has 4 heteroatoms. The zero-order chi connectivity index (χ0) is 14.7. The van der Waals surface area contributed by atoms with Crippen molar-refractivity contribution in [2.45, 2.75) is 26.4 Å². The fourth-order valence-corrected chi connectivity index (χ4v) is 2.87. The number of likely N-dealkylation sites (N-methyl/N-ethyl adjacent to an activating group) is 1. The lowest BCUT2D eigenvalue weighted by Gasteiger charge is -2.36. The van der Waals surface area contributed by atoms with Crippen molar-refractivity contribution in [2.24, 2.45) is 0 Å². The van der Waals surface area contributed by atoms with Crippen LogP contribution in [-0.2, 0) is 11.3 Å². The van der Waals surface area contributed by atoms with Crippen LogP contribution in [0.3, 0.4) is 0 Å². The maximum absolute atomic E-state index is 12.3. The van der Waals surface area contributed by atoms with E-state index in [1.54, 1.807) is 4.90 Å². The van der Waals surface area contributed by atoms with Gasteiger partial charge in [-0.3, -0.25) is 9.69 Å². The number of benzene rings is 1. The lowest BCUT2D eigenvalue weighted by molar-refractivity contribution is -0.135. The maximum atomic E-state index is 12.3. The van der Waals surface area contributed by atoms with Crippen molar-refractivity contribution in [3.63, 3.8) is 0 Å². The van der Waals surface area contributed by atoms with Gasteiger partial charge < -0.3 is 10.2 Å². The smallest absolute Gasteiger partial charge is 0.240 e. The van der Waals surface area contributed by atoms with E-state index in [4.69, 9.17) is 0 Å². The number of carbonyl (C=O) groups excluding carboxylic acids is 1. The van der Waals surface area contributed by atoms with Gasteiger partial charge in [0, 0.05) is 40.3 Å². The third-order valence-electron chi connectivity index (χ3n) is 3.75. The molecule has 1 saturated heterocycles. The van der Waals surface area contributed by atoms with Crippen LogP contribution in [0.4, 0.5) is 0 Å². The first-order valence-corrected chi connectivity index (χ1v) is 7.20. The predicted molar refractivity (Wildman–Crippen MR) is 81.7 cm³/mol. The van der Waals surface area contributed by atoms with E-state index >= 15 is 0 Å². The fraction of sp³-hybridized carbons (Fsp3) is 0.562. The molecular formula is C16H25N3O. The largest absolute Gasteiger partial charge is 0.347 e. The van der Waals surface area contributed by atoms with E-state index < -0.39 is 0 Å². The highest BCUT2D eigenvalue weighted by atomic mass is 16.2. The first-order valence-electron chi connectivity index (χ1n) is 7.20. The van der Waals surface area contributed by atoms with E-state index in [9.17, 15) is 4.79 Å². The van der Waals surface area contributed by atoms with Gasteiger partial charge in [-0.1, -0.05) is 29.3 Å². The van der Waals surface area contributed by atoms with E-state index in [1.807, 2.05) is 14.1 Å². The molecule has 1 aliphatic rings. The van der Waals surface area contributed by atoms with E-state index in [0.717, 1.165) is 26.2 Å². The van der Waals surface area contributed by atoms with Gasteiger partial charge in [-0.15, -0.1) is 0 Å². The molecule has 2 rings (SSSR count). The molecule has 0 spiro atoms. The molecule has 0 aliphatic carbocycles. The highest BCUT2D eigenvalue weighted by Gasteiger charge is 2.29. The third kappa shape index (κ3) is 3.58. The van der Waals surface area contributed by atoms with Crippen molar-refractivity contribution in [2.75, 3.05) is 33.7 Å². The Morgan fingerprint density at radius 3 is 2.55 bits per heavy atom. The quantitative estimate of drug-likeness (QED) is 0.899. The summed E-state index contributed by atoms with van der Waals surface area (Å²) in [6.07, 6.45) is 0. The summed E-state index contributed by atoms with van der Waals surface area (Å²) >= 11 is 0. The summed E-state index contributed by atoms with van der Waals surface area (Å²) in [7, 11) is 3.65. The molecule has 1 heterocycles. The summed E-state index contributed by atoms with van der Waals surface area (Å²) in [5.41, 5.74) is 3.86. The van der Waals surface area contributed by atoms with Gasteiger partial charge in [0.15, 0.2) is 0 Å². The van der Waals surface area contributed by atoms with Crippen LogP contribution >= 0.6 is 0 Å². The van der Waals surface area contributed by atoms with Crippen LogP contribution < -0.4 is 5.32 Å². The summed E-state index contributed by atoms with van der Waals surface area (Å²) in [6.45, 7) is 7.68. The third-order valence-corrected chi connectivity index (χ3v) is 3.75. The average Bonchev–Trinajstić information content (AvgIpc) is 2.37. The molecule has 0 aromatic heterocycles. The van der Waals surface area contributed by atoms with Crippen molar-refractivity contribution < 1.29 is 4.79 Å². The van der Waals surface area contributed by atoms with Gasteiger partial charge in [0.05, 0.1) is 0 Å². The molecule has 0 saturated carbocycles. The van der Waals surface area contributed by atoms with Gasteiger partial charge in [-0.25, -0.2) is 0 Å². The molecule has 20 heavy (non-hydrogen) atoms. The molecule has 0 bridgehead atoms. The topological polar surface area (TPSA) is 35.6 Å². The average molecular weight is 275 g/mol. The van der Waals surface area contributed by atoms with Crippen LogP contribution in [-0.4, -0.2) is 55.5 Å². The minimum Gasteiger partial charge on any atom is -0.347 e. The summed E-state index contributed by atoms with van der Waals surface area (Å²) in [6, 6.07) is 6.56. The highest BCUT2D eigenvalue weighted by Crippen LogP contribution is 2.15. The second-order valence-electron chi connectivity index (χ2n) is 5.92. The van der Waals surface area contributed by atoms with Crippen LogP contribution in [0.2, 0.25) is 0 Å². The molecule has 1 aliphatic heterocycles. The van der Waals surface area contributed by atoms with E-state index in [0.29, 0.717) is 0 Å². The van der Waals surface area contributed by atoms with Crippen molar-refractivity contribution in [1.29, 1.82) is 0 Å². The van der Waals surface area contributed by atoms with Crippen molar-refractivity contribution in [3.05, 3.63) is 34.9 Å². The predicted octanol–water partition coefficient (Wildman–Crippen LogP) is 1.17. The minimum atomic E-state index is -0.0560. The number of nitrogens with zero attached hydrogens (tertiary/aromatic N) is 2. The van der Waals surface area contributed by atoms with Crippen LogP contribution in [0.1, 0.15) is 16.7 Å². The summed E-state index contributed by atoms with van der Waals surface area (Å²) < 4.78 is 0. The molecular weight excluding hydrogens is 250 g/mol. The summed E-state index contributed by atoms with van der Waals surface area (Å²) in [4.78, 5) is 16.2. The number of carbonyl (C=O) groups is 1. The number of piperazine rings is 1. The van der Waals surface area contributed by atoms with E-state index in [2.05, 4.69) is 42.3 Å². The molecule has 0 radical (unpaired) electrons. The number of hydrogen-bond acceptors (Lipinski definition) is 3. The normalized spacial score (nSPS) is 19.9. The Morgan fingerprint density at radius 2 is 1.95 bits per heavy atom. The second kappa shape index (κ2) is 6.37. The molecule has 1 amide bonds. The Hall–Kier alpha value is -1.39. The van der Waals surface area contributed by atoms with Gasteiger partial charge in [0.2, 0.25) is 5.91 Å². The van der Waals surface area contributed by atoms with Crippen molar-refractivity contribution in [1.82, 2.24) is 15.1 Å². The summed E-state index contributed by atoms with van der Waals surface area (Å²) in [5.74, 6) is 0.182. The fourth-order valence-electron chi connectivity index (χ4n) is 2.87. The van der Waals surface area contributed by atoms with E-state index in [-0.39, 0.29) is 11.9 Å². The van der Waals surface area contributed by atoms with Gasteiger partial charge >= 0.3 is 0 Å². The van der Waals surface area contributed by atoms with Crippen LogP contribution in [0.25, 0.3) is 0 Å². The molecule has 1 fully saturated rings. The number of aryl methyl sites for hydroxylation is 2. The Bertz CT molecular complexity index is 464. The molecule has 1 atom stereocenters. The monoisotopic (exact) mass is 275 g/mol. The van der Waals surface area contributed by atoms with Crippen LogP contribution in [0, 0.1) is 13.8 Å². The molecule has 1 unspecified atom stereocenters. The van der Waals surface area contributed by atoms with Gasteiger partial charge in [0.25, 0.3) is 0 Å². The van der Waals surface area contributed by atoms with Crippen molar-refractivity contribution >= 4 is 5.91 Å². The number of rotatable bonds is 3. The molecule has 1 aromatic carbocycles. The Balaban J connectivity index is 2.14. The minimum absolute atomic E-state index is 0.0560. The van der Waals surface area contributed by atoms with Gasteiger partial charge in [-0.05, 0) is 19.4 Å². The zero-order valence-corrected chi connectivity index (χ0v) is 12.9. The SMILES string of the molecule is Cc1cc(C)cc(CN2CCNCC2C(=O)N(C)C)c1. The lowest BCUT2D eigenvalue weighted by atomic mass is 10.1. The summed E-state index contributed by atoms with van der Waals surface area (Å²) in [5, 5.41) is 3.32.